The molecule has 0 aliphatic heterocycles. The molecule has 2 aliphatic rings. The predicted octanol–water partition coefficient (Wildman–Crippen LogP) is 7.61. The second-order valence-corrected chi connectivity index (χ2v) is 8.95. The Hall–Kier alpha value is -1.76. The SMILES string of the molecule is N#Cc1c(F)cc([C@H]2CC[C@H](CC[C@H]3CC[C@H](C=CCCF)CC3)CC2)cc1F. The largest absolute Gasteiger partial charge is 0.251 e. The van der Waals surface area contributed by atoms with E-state index >= 15 is 0 Å². The third kappa shape index (κ3) is 6.11. The quantitative estimate of drug-likeness (QED) is 0.430. The molecule has 1 nitrogen and oxygen atoms in total. The van der Waals surface area contributed by atoms with Gasteiger partial charge in [0.15, 0.2) is 0 Å². The van der Waals surface area contributed by atoms with Crippen molar-refractivity contribution in [2.75, 3.05) is 6.67 Å². The van der Waals surface area contributed by atoms with E-state index in [1.165, 1.54) is 50.7 Å². The third-order valence-electron chi connectivity index (χ3n) is 7.05. The molecular formula is C25H32F3N. The van der Waals surface area contributed by atoms with Crippen LogP contribution >= 0.6 is 0 Å². The molecule has 0 saturated heterocycles. The second-order valence-electron chi connectivity index (χ2n) is 8.95. The summed E-state index contributed by atoms with van der Waals surface area (Å²) in [6.45, 7) is -0.261. The summed E-state index contributed by atoms with van der Waals surface area (Å²) in [5.74, 6) is 0.914. The maximum Gasteiger partial charge on any atom is 0.144 e. The first kappa shape index (κ1) is 21.9. The van der Waals surface area contributed by atoms with E-state index in [0.717, 1.165) is 37.5 Å². The summed E-state index contributed by atoms with van der Waals surface area (Å²) in [7, 11) is 0. The molecule has 158 valence electrons. The number of allylic oxidation sites excluding steroid dienone is 2. The monoisotopic (exact) mass is 403 g/mol. The number of benzene rings is 1. The Morgan fingerprint density at radius 1 is 0.897 bits per heavy atom. The van der Waals surface area contributed by atoms with Crippen LogP contribution in [0, 0.1) is 40.7 Å². The van der Waals surface area contributed by atoms with Crippen LogP contribution in [0.25, 0.3) is 0 Å². The molecule has 1 aromatic rings. The number of halogens is 3. The van der Waals surface area contributed by atoms with E-state index in [0.29, 0.717) is 17.9 Å². The number of nitrogens with zero attached hydrogens (tertiary/aromatic N) is 1. The molecule has 1 aromatic carbocycles. The first-order valence-electron chi connectivity index (χ1n) is 11.2. The summed E-state index contributed by atoms with van der Waals surface area (Å²) in [4.78, 5) is 0. The van der Waals surface area contributed by atoms with E-state index in [4.69, 9.17) is 5.26 Å². The fourth-order valence-corrected chi connectivity index (χ4v) is 5.21. The number of alkyl halides is 1. The summed E-state index contributed by atoms with van der Waals surface area (Å²) >= 11 is 0. The van der Waals surface area contributed by atoms with Gasteiger partial charge in [-0.2, -0.15) is 5.26 Å². The molecule has 2 aliphatic carbocycles. The molecular weight excluding hydrogens is 371 g/mol. The van der Waals surface area contributed by atoms with Crippen LogP contribution in [0.4, 0.5) is 13.2 Å². The van der Waals surface area contributed by atoms with Crippen LogP contribution in [0.1, 0.15) is 87.7 Å². The minimum Gasteiger partial charge on any atom is -0.251 e. The van der Waals surface area contributed by atoms with Gasteiger partial charge in [-0.05, 0) is 99.2 Å². The fourth-order valence-electron chi connectivity index (χ4n) is 5.21. The predicted molar refractivity (Wildman–Crippen MR) is 110 cm³/mol. The Bertz CT molecular complexity index is 697. The zero-order valence-electron chi connectivity index (χ0n) is 17.2. The third-order valence-corrected chi connectivity index (χ3v) is 7.05. The minimum absolute atomic E-state index is 0.203. The Morgan fingerprint density at radius 3 is 1.97 bits per heavy atom. The van der Waals surface area contributed by atoms with E-state index in [2.05, 4.69) is 6.08 Å². The zero-order valence-corrected chi connectivity index (χ0v) is 17.2. The van der Waals surface area contributed by atoms with Crippen molar-refractivity contribution in [1.29, 1.82) is 5.26 Å². The number of nitriles is 1. The van der Waals surface area contributed by atoms with Crippen molar-refractivity contribution in [2.24, 2.45) is 17.8 Å². The van der Waals surface area contributed by atoms with Crippen LogP contribution < -0.4 is 0 Å². The maximum absolute atomic E-state index is 13.9. The zero-order chi connectivity index (χ0) is 20.6. The molecule has 3 rings (SSSR count). The van der Waals surface area contributed by atoms with E-state index in [9.17, 15) is 13.2 Å². The Morgan fingerprint density at radius 2 is 1.45 bits per heavy atom. The Labute approximate surface area is 173 Å². The van der Waals surface area contributed by atoms with Gasteiger partial charge in [-0.1, -0.05) is 25.0 Å². The lowest BCUT2D eigenvalue weighted by atomic mass is 9.74. The van der Waals surface area contributed by atoms with Gasteiger partial charge in [-0.25, -0.2) is 8.78 Å². The van der Waals surface area contributed by atoms with Crippen molar-refractivity contribution in [3.8, 4) is 6.07 Å². The van der Waals surface area contributed by atoms with Crippen molar-refractivity contribution >= 4 is 0 Å². The van der Waals surface area contributed by atoms with Crippen molar-refractivity contribution < 1.29 is 13.2 Å². The molecule has 29 heavy (non-hydrogen) atoms. The van der Waals surface area contributed by atoms with Crippen LogP contribution in [0.2, 0.25) is 0 Å². The molecule has 4 heteroatoms. The van der Waals surface area contributed by atoms with Crippen LogP contribution in [0.15, 0.2) is 24.3 Å². The number of hydrogen-bond donors (Lipinski definition) is 0. The smallest absolute Gasteiger partial charge is 0.144 e. The lowest BCUT2D eigenvalue weighted by Gasteiger charge is -2.31. The summed E-state index contributed by atoms with van der Waals surface area (Å²) < 4.78 is 40.0. The second kappa shape index (κ2) is 10.9. The van der Waals surface area contributed by atoms with Gasteiger partial charge in [-0.3, -0.25) is 4.39 Å². The number of rotatable bonds is 7. The van der Waals surface area contributed by atoms with Crippen molar-refractivity contribution in [3.63, 3.8) is 0 Å². The summed E-state index contributed by atoms with van der Waals surface area (Å²) in [5.41, 5.74) is 0.228. The minimum atomic E-state index is -0.736. The summed E-state index contributed by atoms with van der Waals surface area (Å²) in [5, 5.41) is 8.82. The van der Waals surface area contributed by atoms with Gasteiger partial charge in [-0.15, -0.1) is 0 Å². The molecule has 0 amide bonds. The van der Waals surface area contributed by atoms with Crippen molar-refractivity contribution in [1.82, 2.24) is 0 Å². The van der Waals surface area contributed by atoms with E-state index in [1.807, 2.05) is 6.08 Å². The molecule has 0 atom stereocenters. The van der Waals surface area contributed by atoms with Crippen molar-refractivity contribution in [3.05, 3.63) is 47.0 Å². The maximum atomic E-state index is 13.9. The summed E-state index contributed by atoms with van der Waals surface area (Å²) in [6, 6.07) is 4.30. The molecule has 0 unspecified atom stereocenters. The molecule has 0 bridgehead atoms. The van der Waals surface area contributed by atoms with Crippen LogP contribution in [-0.2, 0) is 0 Å². The Kier molecular flexibility index (Phi) is 8.21. The van der Waals surface area contributed by atoms with Gasteiger partial charge < -0.3 is 0 Å². The standard InChI is InChI=1S/C25H32F3N/c26-14-2-1-3-18-4-6-19(7-5-18)8-9-20-10-12-21(13-11-20)22-15-24(27)23(17-29)25(28)16-22/h1,3,15-16,18-21H,2,4-14H2/t18-,19-,20-,21-. The molecule has 2 saturated carbocycles. The van der Waals surface area contributed by atoms with E-state index in [-0.39, 0.29) is 12.6 Å². The van der Waals surface area contributed by atoms with Crippen LogP contribution in [0.5, 0.6) is 0 Å². The van der Waals surface area contributed by atoms with Crippen LogP contribution in [0.3, 0.4) is 0 Å². The molecule has 2 fully saturated rings. The normalized spacial score (nSPS) is 27.8. The molecule has 0 heterocycles. The highest BCUT2D eigenvalue weighted by Gasteiger charge is 2.26. The van der Waals surface area contributed by atoms with E-state index < -0.39 is 17.2 Å². The van der Waals surface area contributed by atoms with Gasteiger partial charge in [0.05, 0.1) is 6.67 Å². The fraction of sp³-hybridized carbons (Fsp3) is 0.640. The highest BCUT2D eigenvalue weighted by Crippen LogP contribution is 2.40. The van der Waals surface area contributed by atoms with Gasteiger partial charge in [0, 0.05) is 0 Å². The summed E-state index contributed by atoms with van der Waals surface area (Å²) in [6.07, 6.45) is 16.5. The molecule has 0 spiro atoms. The first-order valence-corrected chi connectivity index (χ1v) is 11.2. The lowest BCUT2D eigenvalue weighted by Crippen LogP contribution is -2.17. The first-order chi connectivity index (χ1) is 14.1. The molecule has 0 aromatic heterocycles. The van der Waals surface area contributed by atoms with Gasteiger partial charge >= 0.3 is 0 Å². The van der Waals surface area contributed by atoms with Gasteiger partial charge in [0.1, 0.15) is 23.3 Å². The molecule has 0 radical (unpaired) electrons. The van der Waals surface area contributed by atoms with E-state index in [1.54, 1.807) is 6.07 Å². The highest BCUT2D eigenvalue weighted by molar-refractivity contribution is 5.36. The highest BCUT2D eigenvalue weighted by atomic mass is 19.1. The lowest BCUT2D eigenvalue weighted by molar-refractivity contribution is 0.246. The topological polar surface area (TPSA) is 23.8 Å². The average Bonchev–Trinajstić information content (AvgIpc) is 2.73. The van der Waals surface area contributed by atoms with Gasteiger partial charge in [0.2, 0.25) is 0 Å². The molecule has 0 N–H and O–H groups in total. The van der Waals surface area contributed by atoms with Crippen LogP contribution in [-0.4, -0.2) is 6.67 Å². The van der Waals surface area contributed by atoms with Gasteiger partial charge in [0.25, 0.3) is 0 Å². The average molecular weight is 404 g/mol. The Balaban J connectivity index is 1.39. The number of hydrogen-bond acceptors (Lipinski definition) is 1. The van der Waals surface area contributed by atoms with Crippen molar-refractivity contribution in [2.45, 2.75) is 76.5 Å².